The van der Waals surface area contributed by atoms with Gasteiger partial charge in [0.25, 0.3) is 5.91 Å². The lowest BCUT2D eigenvalue weighted by molar-refractivity contribution is -0.123. The van der Waals surface area contributed by atoms with Gasteiger partial charge in [0.05, 0.1) is 19.3 Å². The second-order valence-corrected chi connectivity index (χ2v) is 6.90. The highest BCUT2D eigenvalue weighted by atomic mass is 16.5. The van der Waals surface area contributed by atoms with E-state index in [2.05, 4.69) is 17.6 Å². The Balaban J connectivity index is 2.59. The zero-order chi connectivity index (χ0) is 20.4. The number of hydrogen-bond donors (Lipinski definition) is 2. The number of urea groups is 1. The predicted molar refractivity (Wildman–Crippen MR) is 100 cm³/mol. The number of carbonyl (C=O) groups excluding carboxylic acids is 3. The van der Waals surface area contributed by atoms with Gasteiger partial charge in [-0.2, -0.15) is 0 Å². The van der Waals surface area contributed by atoms with Crippen LogP contribution < -0.4 is 20.1 Å². The Bertz CT molecular complexity index is 667. The summed E-state index contributed by atoms with van der Waals surface area (Å²) in [6.07, 6.45) is 1.91. The van der Waals surface area contributed by atoms with Crippen LogP contribution in [0.15, 0.2) is 18.2 Å². The molecule has 0 saturated carbocycles. The van der Waals surface area contributed by atoms with Gasteiger partial charge in [-0.05, 0) is 45.4 Å². The van der Waals surface area contributed by atoms with E-state index in [-0.39, 0.29) is 5.56 Å². The summed E-state index contributed by atoms with van der Waals surface area (Å²) >= 11 is 0. The van der Waals surface area contributed by atoms with Crippen molar-refractivity contribution in [3.05, 3.63) is 23.8 Å². The van der Waals surface area contributed by atoms with Crippen molar-refractivity contribution in [3.8, 4) is 11.5 Å². The highest BCUT2D eigenvalue weighted by Crippen LogP contribution is 2.28. The Morgan fingerprint density at radius 3 is 2.41 bits per heavy atom. The number of methoxy groups -OCH3 is 1. The summed E-state index contributed by atoms with van der Waals surface area (Å²) in [5.74, 6) is -0.509. The van der Waals surface area contributed by atoms with Gasteiger partial charge in [0.15, 0.2) is 18.1 Å². The van der Waals surface area contributed by atoms with Crippen LogP contribution in [0.3, 0.4) is 0 Å². The third kappa shape index (κ3) is 8.44. The molecule has 3 amide bonds. The molecular weight excluding hydrogens is 352 g/mol. The summed E-state index contributed by atoms with van der Waals surface area (Å²) in [7, 11) is 1.47. The second kappa shape index (κ2) is 10.4. The molecule has 8 heteroatoms. The van der Waals surface area contributed by atoms with Crippen molar-refractivity contribution in [1.82, 2.24) is 10.6 Å². The molecule has 1 aromatic rings. The molecule has 0 saturated heterocycles. The van der Waals surface area contributed by atoms with Crippen LogP contribution in [-0.2, 0) is 9.53 Å². The minimum Gasteiger partial charge on any atom is -0.493 e. The predicted octanol–water partition coefficient (Wildman–Crippen LogP) is 2.66. The number of carbonyl (C=O) groups is 3. The van der Waals surface area contributed by atoms with Crippen molar-refractivity contribution >= 4 is 17.9 Å². The molecule has 0 unspecified atom stereocenters. The number of hydrogen-bond acceptors (Lipinski definition) is 6. The lowest BCUT2D eigenvalue weighted by Gasteiger charge is -2.20. The maximum atomic E-state index is 12.1. The van der Waals surface area contributed by atoms with Gasteiger partial charge in [0, 0.05) is 5.54 Å². The van der Waals surface area contributed by atoms with Crippen LogP contribution in [0.2, 0.25) is 0 Å². The van der Waals surface area contributed by atoms with Crippen molar-refractivity contribution in [3.63, 3.8) is 0 Å². The maximum Gasteiger partial charge on any atom is 0.338 e. The van der Waals surface area contributed by atoms with Gasteiger partial charge >= 0.3 is 12.0 Å². The number of amides is 3. The van der Waals surface area contributed by atoms with E-state index in [0.717, 1.165) is 12.8 Å². The van der Waals surface area contributed by atoms with Crippen LogP contribution in [-0.4, -0.2) is 43.8 Å². The van der Waals surface area contributed by atoms with E-state index in [9.17, 15) is 14.4 Å². The molecule has 27 heavy (non-hydrogen) atoms. The molecule has 0 aliphatic rings. The fraction of sp³-hybridized carbons (Fsp3) is 0.526. The quantitative estimate of drug-likeness (QED) is 0.531. The summed E-state index contributed by atoms with van der Waals surface area (Å²) in [4.78, 5) is 35.4. The third-order valence-electron chi connectivity index (χ3n) is 3.23. The van der Waals surface area contributed by atoms with Gasteiger partial charge in [0.2, 0.25) is 0 Å². The first-order valence-electron chi connectivity index (χ1n) is 8.76. The molecule has 0 aromatic heterocycles. The average Bonchev–Trinajstić information content (AvgIpc) is 2.58. The fourth-order valence-corrected chi connectivity index (χ4v) is 1.99. The fourth-order valence-electron chi connectivity index (χ4n) is 1.99. The van der Waals surface area contributed by atoms with Crippen LogP contribution in [0.25, 0.3) is 0 Å². The van der Waals surface area contributed by atoms with Crippen molar-refractivity contribution in [2.75, 3.05) is 20.3 Å². The highest BCUT2D eigenvalue weighted by Gasteiger charge is 2.18. The molecule has 0 atom stereocenters. The van der Waals surface area contributed by atoms with Crippen molar-refractivity contribution < 1.29 is 28.6 Å². The molecule has 0 bridgehead atoms. The molecule has 1 aromatic carbocycles. The zero-order valence-electron chi connectivity index (χ0n) is 16.5. The molecule has 150 valence electrons. The first-order chi connectivity index (χ1) is 12.7. The van der Waals surface area contributed by atoms with E-state index in [0.29, 0.717) is 18.1 Å². The largest absolute Gasteiger partial charge is 0.493 e. The van der Waals surface area contributed by atoms with Crippen LogP contribution >= 0.6 is 0 Å². The lowest BCUT2D eigenvalue weighted by atomic mass is 10.1. The molecule has 0 radical (unpaired) electrons. The first kappa shape index (κ1) is 22.3. The van der Waals surface area contributed by atoms with Crippen molar-refractivity contribution in [1.29, 1.82) is 0 Å². The maximum absolute atomic E-state index is 12.1. The van der Waals surface area contributed by atoms with E-state index in [1.807, 2.05) is 0 Å². The average molecular weight is 380 g/mol. The molecule has 0 aliphatic heterocycles. The van der Waals surface area contributed by atoms with Crippen LogP contribution in [0.4, 0.5) is 4.79 Å². The number of ether oxygens (including phenoxy) is 3. The van der Waals surface area contributed by atoms with Gasteiger partial charge in [0.1, 0.15) is 0 Å². The van der Waals surface area contributed by atoms with E-state index < -0.39 is 30.1 Å². The Labute approximate surface area is 159 Å². The summed E-state index contributed by atoms with van der Waals surface area (Å²) in [6.45, 7) is 7.36. The SMILES string of the molecule is CCCCOc1ccc(C(=O)OCC(=O)NC(=O)NC(C)(C)C)cc1OC. The van der Waals surface area contributed by atoms with Gasteiger partial charge < -0.3 is 19.5 Å². The molecule has 0 fully saturated rings. The van der Waals surface area contributed by atoms with Crippen molar-refractivity contribution in [2.24, 2.45) is 0 Å². The number of esters is 1. The molecule has 0 aliphatic carbocycles. The third-order valence-corrected chi connectivity index (χ3v) is 3.23. The number of imide groups is 1. The van der Waals surface area contributed by atoms with E-state index in [1.165, 1.54) is 19.2 Å². The Kier molecular flexibility index (Phi) is 8.58. The van der Waals surface area contributed by atoms with Crippen LogP contribution in [0.1, 0.15) is 50.9 Å². The summed E-state index contributed by atoms with van der Waals surface area (Å²) in [6, 6.07) is 3.96. The number of rotatable bonds is 8. The minimum absolute atomic E-state index is 0.210. The number of benzene rings is 1. The lowest BCUT2D eigenvalue weighted by Crippen LogP contribution is -2.49. The highest BCUT2D eigenvalue weighted by molar-refractivity contribution is 5.97. The number of nitrogens with one attached hydrogen (secondary N) is 2. The minimum atomic E-state index is -0.725. The molecule has 0 spiro atoms. The Morgan fingerprint density at radius 2 is 1.81 bits per heavy atom. The molecule has 0 heterocycles. The summed E-state index contributed by atoms with van der Waals surface area (Å²) in [5.41, 5.74) is -0.278. The van der Waals surface area contributed by atoms with Crippen LogP contribution in [0.5, 0.6) is 11.5 Å². The van der Waals surface area contributed by atoms with Gasteiger partial charge in [-0.3, -0.25) is 10.1 Å². The van der Waals surface area contributed by atoms with E-state index >= 15 is 0 Å². The molecule has 8 nitrogen and oxygen atoms in total. The number of unbranched alkanes of at least 4 members (excludes halogenated alkanes) is 1. The molecule has 1 rings (SSSR count). The second-order valence-electron chi connectivity index (χ2n) is 6.90. The van der Waals surface area contributed by atoms with Gasteiger partial charge in [-0.15, -0.1) is 0 Å². The molecule has 2 N–H and O–H groups in total. The summed E-state index contributed by atoms with van der Waals surface area (Å²) < 4.78 is 15.8. The van der Waals surface area contributed by atoms with E-state index in [1.54, 1.807) is 26.8 Å². The topological polar surface area (TPSA) is 103 Å². The Hall–Kier alpha value is -2.77. The normalized spacial score (nSPS) is 10.7. The van der Waals surface area contributed by atoms with Crippen LogP contribution in [0, 0.1) is 0 Å². The van der Waals surface area contributed by atoms with Gasteiger partial charge in [-0.1, -0.05) is 13.3 Å². The van der Waals surface area contributed by atoms with E-state index in [4.69, 9.17) is 14.2 Å². The molecular formula is C19H28N2O6. The zero-order valence-corrected chi connectivity index (χ0v) is 16.5. The Morgan fingerprint density at radius 1 is 1.11 bits per heavy atom. The van der Waals surface area contributed by atoms with Gasteiger partial charge in [-0.25, -0.2) is 9.59 Å². The smallest absolute Gasteiger partial charge is 0.338 e. The standard InChI is InChI=1S/C19H28N2O6/c1-6-7-10-26-14-9-8-13(11-15(14)25-5)17(23)27-12-16(22)20-18(24)21-19(2,3)4/h8-9,11H,6-7,10,12H2,1-5H3,(H2,20,21,22,24). The summed E-state index contributed by atoms with van der Waals surface area (Å²) in [5, 5.41) is 4.66. The first-order valence-corrected chi connectivity index (χ1v) is 8.76. The monoisotopic (exact) mass is 380 g/mol. The van der Waals surface area contributed by atoms with Crippen molar-refractivity contribution in [2.45, 2.75) is 46.1 Å².